The molecule has 18 heavy (non-hydrogen) atoms. The van der Waals surface area contributed by atoms with Crippen LogP contribution in [0.15, 0.2) is 41.6 Å². The summed E-state index contributed by atoms with van der Waals surface area (Å²) in [5.74, 6) is 5.71. The molecule has 1 unspecified atom stereocenters. The van der Waals surface area contributed by atoms with Gasteiger partial charge in [-0.3, -0.25) is 10.5 Å². The van der Waals surface area contributed by atoms with Crippen molar-refractivity contribution in [2.45, 2.75) is 24.4 Å². The lowest BCUT2D eigenvalue weighted by Gasteiger charge is -2.17. The summed E-state index contributed by atoms with van der Waals surface area (Å²) in [5, 5.41) is 4.30. The zero-order valence-corrected chi connectivity index (χ0v) is 11.4. The summed E-state index contributed by atoms with van der Waals surface area (Å²) in [6.07, 6.45) is 5.97. The molecule has 5 heteroatoms. The first-order chi connectivity index (χ1) is 8.80. The van der Waals surface area contributed by atoms with Gasteiger partial charge in [-0.2, -0.15) is 5.10 Å². The van der Waals surface area contributed by atoms with E-state index in [1.807, 2.05) is 29.2 Å². The minimum Gasteiger partial charge on any atom is -0.273 e. The Morgan fingerprint density at radius 2 is 2.22 bits per heavy atom. The Labute approximate surface area is 112 Å². The Hall–Kier alpha value is -1.30. The third-order valence-corrected chi connectivity index (χ3v) is 3.74. The lowest BCUT2D eigenvalue weighted by Crippen LogP contribution is -2.29. The molecular formula is C13H18N4S. The lowest BCUT2D eigenvalue weighted by atomic mass is 10.0. The first kappa shape index (κ1) is 13.1. The van der Waals surface area contributed by atoms with Crippen LogP contribution >= 0.6 is 11.8 Å². The first-order valence-electron chi connectivity index (χ1n) is 5.91. The summed E-state index contributed by atoms with van der Waals surface area (Å²) in [7, 11) is 0. The average molecular weight is 262 g/mol. The molecule has 0 radical (unpaired) electrons. The monoisotopic (exact) mass is 262 g/mol. The molecule has 2 rings (SSSR count). The van der Waals surface area contributed by atoms with Crippen LogP contribution in [0.2, 0.25) is 0 Å². The van der Waals surface area contributed by atoms with Crippen molar-refractivity contribution in [2.75, 3.05) is 6.26 Å². The van der Waals surface area contributed by atoms with E-state index in [-0.39, 0.29) is 6.04 Å². The highest BCUT2D eigenvalue weighted by molar-refractivity contribution is 7.98. The van der Waals surface area contributed by atoms with E-state index in [9.17, 15) is 0 Å². The van der Waals surface area contributed by atoms with Crippen LogP contribution in [-0.4, -0.2) is 16.0 Å². The van der Waals surface area contributed by atoms with Gasteiger partial charge in [0.25, 0.3) is 0 Å². The number of aromatic nitrogens is 2. The van der Waals surface area contributed by atoms with Crippen molar-refractivity contribution in [1.29, 1.82) is 0 Å². The number of hydrazine groups is 1. The number of thioether (sulfide) groups is 1. The van der Waals surface area contributed by atoms with Crippen LogP contribution in [0.4, 0.5) is 0 Å². The topological polar surface area (TPSA) is 55.9 Å². The molecule has 1 aromatic carbocycles. The van der Waals surface area contributed by atoms with E-state index in [2.05, 4.69) is 35.8 Å². The Bertz CT molecular complexity index is 509. The number of rotatable bonds is 5. The minimum absolute atomic E-state index is 0.0195. The van der Waals surface area contributed by atoms with Gasteiger partial charge in [-0.05, 0) is 24.8 Å². The predicted octanol–water partition coefficient (Wildman–Crippen LogP) is 2.18. The first-order valence-corrected chi connectivity index (χ1v) is 7.14. The highest BCUT2D eigenvalue weighted by atomic mass is 32.2. The molecule has 4 nitrogen and oxygen atoms in total. The van der Waals surface area contributed by atoms with E-state index in [4.69, 9.17) is 5.84 Å². The summed E-state index contributed by atoms with van der Waals surface area (Å²) < 4.78 is 1.90. The quantitative estimate of drug-likeness (QED) is 0.492. The number of hydrogen-bond acceptors (Lipinski definition) is 4. The van der Waals surface area contributed by atoms with Gasteiger partial charge in [-0.1, -0.05) is 18.2 Å². The van der Waals surface area contributed by atoms with Crippen molar-refractivity contribution in [1.82, 2.24) is 15.2 Å². The molecule has 0 aliphatic heterocycles. The maximum Gasteiger partial charge on any atom is 0.0751 e. The highest BCUT2D eigenvalue weighted by Crippen LogP contribution is 2.29. The van der Waals surface area contributed by atoms with Gasteiger partial charge in [0.05, 0.1) is 12.2 Å². The molecule has 0 bridgehead atoms. The molecule has 0 saturated heterocycles. The van der Waals surface area contributed by atoms with Crippen LogP contribution in [0, 0.1) is 0 Å². The van der Waals surface area contributed by atoms with Crippen molar-refractivity contribution in [3.63, 3.8) is 0 Å². The van der Waals surface area contributed by atoms with Gasteiger partial charge in [0.2, 0.25) is 0 Å². The van der Waals surface area contributed by atoms with Crippen LogP contribution < -0.4 is 11.3 Å². The van der Waals surface area contributed by atoms with Crippen LogP contribution in [0.25, 0.3) is 0 Å². The fourth-order valence-electron chi connectivity index (χ4n) is 1.97. The van der Waals surface area contributed by atoms with Crippen LogP contribution in [0.3, 0.4) is 0 Å². The van der Waals surface area contributed by atoms with Gasteiger partial charge >= 0.3 is 0 Å². The molecule has 96 valence electrons. The van der Waals surface area contributed by atoms with Crippen molar-refractivity contribution < 1.29 is 0 Å². The second-order valence-electron chi connectivity index (χ2n) is 3.97. The standard InChI is InChI=1S/C13H18N4S/c1-3-17-9-10(8-15-17)13(16-14)11-6-4-5-7-12(11)18-2/h4-9,13,16H,3,14H2,1-2H3. The Balaban J connectivity index is 2.38. The summed E-state index contributed by atoms with van der Waals surface area (Å²) in [5.41, 5.74) is 5.15. The molecule has 1 atom stereocenters. The van der Waals surface area contributed by atoms with E-state index in [0.29, 0.717) is 0 Å². The molecule has 0 aliphatic rings. The average Bonchev–Trinajstić information content (AvgIpc) is 2.89. The number of benzene rings is 1. The van der Waals surface area contributed by atoms with Crippen molar-refractivity contribution >= 4 is 11.8 Å². The molecule has 0 aliphatic carbocycles. The van der Waals surface area contributed by atoms with Gasteiger partial charge in [0.1, 0.15) is 0 Å². The van der Waals surface area contributed by atoms with E-state index in [0.717, 1.165) is 12.1 Å². The largest absolute Gasteiger partial charge is 0.273 e. The van der Waals surface area contributed by atoms with Gasteiger partial charge in [-0.15, -0.1) is 11.8 Å². The minimum atomic E-state index is -0.0195. The zero-order chi connectivity index (χ0) is 13.0. The third kappa shape index (κ3) is 2.58. The molecule has 0 amide bonds. The van der Waals surface area contributed by atoms with Gasteiger partial charge in [0.15, 0.2) is 0 Å². The molecule has 3 N–H and O–H groups in total. The smallest absolute Gasteiger partial charge is 0.0751 e. The summed E-state index contributed by atoms with van der Waals surface area (Å²) >= 11 is 1.72. The van der Waals surface area contributed by atoms with Gasteiger partial charge in [-0.25, -0.2) is 5.43 Å². The molecule has 1 heterocycles. The summed E-state index contributed by atoms with van der Waals surface area (Å²) in [6, 6.07) is 8.25. The van der Waals surface area contributed by atoms with Crippen molar-refractivity contribution in [3.05, 3.63) is 47.8 Å². The molecule has 0 spiro atoms. The normalized spacial score (nSPS) is 12.6. The van der Waals surface area contributed by atoms with E-state index >= 15 is 0 Å². The number of hydrogen-bond donors (Lipinski definition) is 2. The number of aryl methyl sites for hydroxylation is 1. The number of nitrogens with two attached hydrogens (primary N) is 1. The Morgan fingerprint density at radius 1 is 1.44 bits per heavy atom. The Kier molecular flexibility index (Phi) is 4.41. The van der Waals surface area contributed by atoms with E-state index in [1.54, 1.807) is 11.8 Å². The predicted molar refractivity (Wildman–Crippen MR) is 75.3 cm³/mol. The van der Waals surface area contributed by atoms with Gasteiger partial charge < -0.3 is 0 Å². The molecule has 1 aromatic heterocycles. The van der Waals surface area contributed by atoms with Crippen molar-refractivity contribution in [2.24, 2.45) is 5.84 Å². The van der Waals surface area contributed by atoms with Crippen LogP contribution in [-0.2, 0) is 6.54 Å². The fraction of sp³-hybridized carbons (Fsp3) is 0.308. The second kappa shape index (κ2) is 6.04. The molecule has 2 aromatic rings. The number of nitrogens with zero attached hydrogens (tertiary/aromatic N) is 2. The summed E-state index contributed by atoms with van der Waals surface area (Å²) in [6.45, 7) is 2.93. The van der Waals surface area contributed by atoms with Crippen molar-refractivity contribution in [3.8, 4) is 0 Å². The molecular weight excluding hydrogens is 244 g/mol. The third-order valence-electron chi connectivity index (χ3n) is 2.93. The SMILES string of the molecule is CCn1cc(C(NN)c2ccccc2SC)cn1. The highest BCUT2D eigenvalue weighted by Gasteiger charge is 2.17. The van der Waals surface area contributed by atoms with Crippen LogP contribution in [0.1, 0.15) is 24.1 Å². The number of nitrogens with one attached hydrogen (secondary N) is 1. The Morgan fingerprint density at radius 3 is 2.83 bits per heavy atom. The second-order valence-corrected chi connectivity index (χ2v) is 4.82. The summed E-state index contributed by atoms with van der Waals surface area (Å²) in [4.78, 5) is 1.23. The molecule has 0 fully saturated rings. The maximum absolute atomic E-state index is 5.71. The lowest BCUT2D eigenvalue weighted by molar-refractivity contribution is 0.622. The van der Waals surface area contributed by atoms with E-state index < -0.39 is 0 Å². The molecule has 0 saturated carbocycles. The van der Waals surface area contributed by atoms with Crippen LogP contribution in [0.5, 0.6) is 0 Å². The van der Waals surface area contributed by atoms with E-state index in [1.165, 1.54) is 10.5 Å². The zero-order valence-electron chi connectivity index (χ0n) is 10.6. The van der Waals surface area contributed by atoms with Gasteiger partial charge in [0, 0.05) is 23.2 Å². The fourth-order valence-corrected chi connectivity index (χ4v) is 2.61. The maximum atomic E-state index is 5.71.